The van der Waals surface area contributed by atoms with Gasteiger partial charge in [0.2, 0.25) is 5.91 Å². The molecule has 0 atom stereocenters. The van der Waals surface area contributed by atoms with Gasteiger partial charge in [0.1, 0.15) is 5.82 Å². The standard InChI is InChI=1S/C16H15ClFNO/c17-14-7-6-13(15(18)11-14)10-16(20)19-9-8-12-4-2-1-3-5-12/h1-7,11H,8-10H2,(H,19,20). The minimum atomic E-state index is -0.448. The number of rotatable bonds is 5. The summed E-state index contributed by atoms with van der Waals surface area (Å²) in [5, 5.41) is 3.11. The predicted octanol–water partition coefficient (Wildman–Crippen LogP) is 3.38. The number of halogens is 2. The Kier molecular flexibility index (Phi) is 5.13. The highest BCUT2D eigenvalue weighted by Gasteiger charge is 2.08. The van der Waals surface area contributed by atoms with Crippen molar-refractivity contribution in [3.05, 3.63) is 70.5 Å². The van der Waals surface area contributed by atoms with E-state index in [0.29, 0.717) is 17.1 Å². The summed E-state index contributed by atoms with van der Waals surface area (Å²) in [7, 11) is 0. The average molecular weight is 292 g/mol. The van der Waals surface area contributed by atoms with Gasteiger partial charge in [-0.3, -0.25) is 4.79 Å². The molecule has 0 aromatic heterocycles. The Morgan fingerprint density at radius 2 is 1.90 bits per heavy atom. The first-order valence-electron chi connectivity index (χ1n) is 6.40. The van der Waals surface area contributed by atoms with Gasteiger partial charge in [0.25, 0.3) is 0 Å². The van der Waals surface area contributed by atoms with E-state index in [-0.39, 0.29) is 12.3 Å². The molecule has 0 unspecified atom stereocenters. The van der Waals surface area contributed by atoms with Crippen molar-refractivity contribution in [3.63, 3.8) is 0 Å². The maximum atomic E-state index is 13.5. The lowest BCUT2D eigenvalue weighted by Crippen LogP contribution is -2.27. The molecule has 0 heterocycles. The molecule has 4 heteroatoms. The summed E-state index contributed by atoms with van der Waals surface area (Å²) in [5.41, 5.74) is 1.51. The molecule has 0 aliphatic rings. The van der Waals surface area contributed by atoms with Crippen molar-refractivity contribution in [2.75, 3.05) is 6.54 Å². The lowest BCUT2D eigenvalue weighted by molar-refractivity contribution is -0.120. The van der Waals surface area contributed by atoms with Crippen LogP contribution in [0.1, 0.15) is 11.1 Å². The Labute approximate surface area is 122 Å². The highest BCUT2D eigenvalue weighted by molar-refractivity contribution is 6.30. The molecule has 0 radical (unpaired) electrons. The van der Waals surface area contributed by atoms with E-state index in [1.807, 2.05) is 30.3 Å². The van der Waals surface area contributed by atoms with Crippen LogP contribution in [0.5, 0.6) is 0 Å². The van der Waals surface area contributed by atoms with Gasteiger partial charge in [-0.1, -0.05) is 48.0 Å². The maximum absolute atomic E-state index is 13.5. The van der Waals surface area contributed by atoms with E-state index >= 15 is 0 Å². The van der Waals surface area contributed by atoms with Crippen LogP contribution >= 0.6 is 11.6 Å². The molecule has 0 fully saturated rings. The average Bonchev–Trinajstić information content (AvgIpc) is 2.43. The Morgan fingerprint density at radius 1 is 1.15 bits per heavy atom. The fourth-order valence-corrected chi connectivity index (χ4v) is 2.05. The molecule has 0 saturated carbocycles. The zero-order chi connectivity index (χ0) is 14.4. The summed E-state index contributed by atoms with van der Waals surface area (Å²) >= 11 is 5.66. The highest BCUT2D eigenvalue weighted by Crippen LogP contribution is 2.14. The fraction of sp³-hybridized carbons (Fsp3) is 0.188. The topological polar surface area (TPSA) is 29.1 Å². The first-order valence-corrected chi connectivity index (χ1v) is 6.77. The van der Waals surface area contributed by atoms with Crippen LogP contribution in [0, 0.1) is 5.82 Å². The third-order valence-corrected chi connectivity index (χ3v) is 3.18. The Balaban J connectivity index is 1.81. The lowest BCUT2D eigenvalue weighted by Gasteiger charge is -2.06. The van der Waals surface area contributed by atoms with Crippen LogP contribution in [0.3, 0.4) is 0 Å². The van der Waals surface area contributed by atoms with Crippen LogP contribution in [-0.2, 0) is 17.6 Å². The number of nitrogens with one attached hydrogen (secondary N) is 1. The molecule has 104 valence electrons. The predicted molar refractivity (Wildman–Crippen MR) is 78.3 cm³/mol. The maximum Gasteiger partial charge on any atom is 0.224 e. The number of benzene rings is 2. The van der Waals surface area contributed by atoms with Crippen molar-refractivity contribution in [1.82, 2.24) is 5.32 Å². The molecule has 1 N–H and O–H groups in total. The molecular weight excluding hydrogens is 277 g/mol. The third-order valence-electron chi connectivity index (χ3n) is 2.94. The lowest BCUT2D eigenvalue weighted by atomic mass is 10.1. The number of hydrogen-bond donors (Lipinski definition) is 1. The molecular formula is C16H15ClFNO. The van der Waals surface area contributed by atoms with Crippen LogP contribution in [0.2, 0.25) is 5.02 Å². The SMILES string of the molecule is O=C(Cc1ccc(Cl)cc1F)NCCc1ccccc1. The van der Waals surface area contributed by atoms with E-state index in [9.17, 15) is 9.18 Å². The number of amides is 1. The van der Waals surface area contributed by atoms with Gasteiger partial charge in [-0.15, -0.1) is 0 Å². The van der Waals surface area contributed by atoms with Crippen LogP contribution < -0.4 is 5.32 Å². The summed E-state index contributed by atoms with van der Waals surface area (Å²) in [5.74, 6) is -0.641. The van der Waals surface area contributed by atoms with E-state index in [4.69, 9.17) is 11.6 Å². The molecule has 2 aromatic carbocycles. The summed E-state index contributed by atoms with van der Waals surface area (Å²) in [4.78, 5) is 11.7. The van der Waals surface area contributed by atoms with Gasteiger partial charge in [-0.25, -0.2) is 4.39 Å². The summed E-state index contributed by atoms with van der Waals surface area (Å²) < 4.78 is 13.5. The normalized spacial score (nSPS) is 10.3. The zero-order valence-corrected chi connectivity index (χ0v) is 11.7. The quantitative estimate of drug-likeness (QED) is 0.899. The van der Waals surface area contributed by atoms with Crippen molar-refractivity contribution in [1.29, 1.82) is 0 Å². The highest BCUT2D eigenvalue weighted by atomic mass is 35.5. The van der Waals surface area contributed by atoms with Crippen LogP contribution in [0.25, 0.3) is 0 Å². The number of carbonyl (C=O) groups is 1. The Bertz CT molecular complexity index is 586. The smallest absolute Gasteiger partial charge is 0.224 e. The second-order valence-electron chi connectivity index (χ2n) is 4.50. The number of carbonyl (C=O) groups excluding carboxylic acids is 1. The van der Waals surface area contributed by atoms with Gasteiger partial charge < -0.3 is 5.32 Å². The van der Waals surface area contributed by atoms with Crippen molar-refractivity contribution >= 4 is 17.5 Å². The summed E-state index contributed by atoms with van der Waals surface area (Å²) in [6, 6.07) is 14.2. The van der Waals surface area contributed by atoms with Crippen LogP contribution in [0.15, 0.2) is 48.5 Å². The second-order valence-corrected chi connectivity index (χ2v) is 4.93. The van der Waals surface area contributed by atoms with Crippen molar-refractivity contribution in [2.45, 2.75) is 12.8 Å². The minimum absolute atomic E-state index is 0.0256. The molecule has 0 bridgehead atoms. The van der Waals surface area contributed by atoms with E-state index in [0.717, 1.165) is 12.0 Å². The van der Waals surface area contributed by atoms with Gasteiger partial charge >= 0.3 is 0 Å². The number of hydrogen-bond acceptors (Lipinski definition) is 1. The molecule has 1 amide bonds. The molecule has 2 aromatic rings. The van der Waals surface area contributed by atoms with Gasteiger partial charge in [-0.2, -0.15) is 0 Å². The second kappa shape index (κ2) is 7.06. The van der Waals surface area contributed by atoms with Crippen molar-refractivity contribution in [3.8, 4) is 0 Å². The van der Waals surface area contributed by atoms with Gasteiger partial charge in [0, 0.05) is 11.6 Å². The van der Waals surface area contributed by atoms with Crippen LogP contribution in [-0.4, -0.2) is 12.5 Å². The molecule has 2 nitrogen and oxygen atoms in total. The van der Waals surface area contributed by atoms with Gasteiger partial charge in [0.05, 0.1) is 6.42 Å². The molecule has 0 aliphatic heterocycles. The van der Waals surface area contributed by atoms with E-state index in [1.165, 1.54) is 12.1 Å². The van der Waals surface area contributed by atoms with E-state index in [2.05, 4.69) is 5.32 Å². The fourth-order valence-electron chi connectivity index (χ4n) is 1.89. The first-order chi connectivity index (χ1) is 9.65. The largest absolute Gasteiger partial charge is 0.355 e. The Morgan fingerprint density at radius 3 is 2.60 bits per heavy atom. The molecule has 0 spiro atoms. The first kappa shape index (κ1) is 14.5. The van der Waals surface area contributed by atoms with Crippen LogP contribution in [0.4, 0.5) is 4.39 Å². The van der Waals surface area contributed by atoms with E-state index < -0.39 is 5.82 Å². The molecule has 20 heavy (non-hydrogen) atoms. The molecule has 0 aliphatic carbocycles. The molecule has 0 saturated heterocycles. The van der Waals surface area contributed by atoms with E-state index in [1.54, 1.807) is 6.07 Å². The third kappa shape index (κ3) is 4.35. The monoisotopic (exact) mass is 291 g/mol. The minimum Gasteiger partial charge on any atom is -0.355 e. The summed E-state index contributed by atoms with van der Waals surface area (Å²) in [6.45, 7) is 0.540. The van der Waals surface area contributed by atoms with Crippen molar-refractivity contribution in [2.24, 2.45) is 0 Å². The van der Waals surface area contributed by atoms with Gasteiger partial charge in [0.15, 0.2) is 0 Å². The Hall–Kier alpha value is -1.87. The van der Waals surface area contributed by atoms with Crippen molar-refractivity contribution < 1.29 is 9.18 Å². The zero-order valence-electron chi connectivity index (χ0n) is 10.9. The molecule has 2 rings (SSSR count). The van der Waals surface area contributed by atoms with Gasteiger partial charge in [-0.05, 0) is 29.7 Å². The summed E-state index contributed by atoms with van der Waals surface area (Å²) in [6.07, 6.45) is 0.785.